The highest BCUT2D eigenvalue weighted by Gasteiger charge is 2.81. The molecule has 2 aliphatic heterocycles. The molecule has 8 rings (SSSR count). The lowest BCUT2D eigenvalue weighted by Crippen LogP contribution is -2.82. The van der Waals surface area contributed by atoms with E-state index in [-0.39, 0.29) is 28.3 Å². The second kappa shape index (κ2) is 6.33. The minimum absolute atomic E-state index is 0.0137. The van der Waals surface area contributed by atoms with Crippen molar-refractivity contribution >= 4 is 0 Å². The molecule has 1 aromatic carbocycles. The molecule has 1 aromatic rings. The van der Waals surface area contributed by atoms with Crippen molar-refractivity contribution in [1.29, 1.82) is 0 Å². The summed E-state index contributed by atoms with van der Waals surface area (Å²) < 4.78 is 12.7. The van der Waals surface area contributed by atoms with Crippen LogP contribution in [0, 0.1) is 22.7 Å². The molecule has 1 saturated heterocycles. The summed E-state index contributed by atoms with van der Waals surface area (Å²) >= 11 is 0. The molecule has 4 saturated carbocycles. The molecule has 34 heavy (non-hydrogen) atoms. The van der Waals surface area contributed by atoms with Crippen LogP contribution in [0.5, 0.6) is 11.5 Å². The van der Waals surface area contributed by atoms with Crippen molar-refractivity contribution in [2.45, 2.75) is 101 Å². The molecule has 7 atom stereocenters. The summed E-state index contributed by atoms with van der Waals surface area (Å²) in [5.41, 5.74) is 0.151. The topological polar surface area (TPSA) is 62.2 Å². The third-order valence-corrected chi connectivity index (χ3v) is 11.7. The maximum absolute atomic E-state index is 12.6. The number of piperidine rings is 1. The number of hydrogen-bond acceptors (Lipinski definition) is 5. The molecule has 0 aromatic heterocycles. The molecule has 5 fully saturated rings. The third-order valence-electron chi connectivity index (χ3n) is 11.7. The molecule has 2 heterocycles. The van der Waals surface area contributed by atoms with Gasteiger partial charge in [-0.2, -0.15) is 0 Å². The smallest absolute Gasteiger partial charge is 0.165 e. The summed E-state index contributed by atoms with van der Waals surface area (Å²) in [7, 11) is 1.72. The number of benzene rings is 1. The molecule has 5 heteroatoms. The SMILES string of the molecule is COc1ccc2c3c1O[C@@H]1C4(O)CC[C@@]5(C[C@@H]4[C@](C)(O)C(C)(C)C)[C@@H](C2)N(CC2CC2)CC[C@]315. The molecule has 7 aliphatic rings. The second-order valence-corrected chi connectivity index (χ2v) is 13.8. The van der Waals surface area contributed by atoms with Crippen LogP contribution in [-0.4, -0.2) is 58.7 Å². The number of nitrogens with zero attached hydrogens (tertiary/aromatic N) is 1. The summed E-state index contributed by atoms with van der Waals surface area (Å²) in [6.07, 6.45) is 7.07. The van der Waals surface area contributed by atoms with E-state index < -0.39 is 11.2 Å². The number of likely N-dealkylation sites (tertiary alicyclic amines) is 1. The van der Waals surface area contributed by atoms with Crippen molar-refractivity contribution in [2.24, 2.45) is 22.7 Å². The molecule has 0 amide bonds. The minimum atomic E-state index is -1.06. The van der Waals surface area contributed by atoms with Crippen LogP contribution in [0.15, 0.2) is 12.1 Å². The normalized spacial score (nSPS) is 43.8. The van der Waals surface area contributed by atoms with Crippen molar-refractivity contribution in [3.05, 3.63) is 23.3 Å². The van der Waals surface area contributed by atoms with E-state index in [1.54, 1.807) is 7.11 Å². The van der Waals surface area contributed by atoms with Gasteiger partial charge in [-0.1, -0.05) is 26.8 Å². The quantitative estimate of drug-likeness (QED) is 0.699. The van der Waals surface area contributed by atoms with Crippen molar-refractivity contribution < 1.29 is 19.7 Å². The summed E-state index contributed by atoms with van der Waals surface area (Å²) in [4.78, 5) is 2.81. The zero-order valence-electron chi connectivity index (χ0n) is 21.5. The zero-order valence-corrected chi connectivity index (χ0v) is 21.5. The van der Waals surface area contributed by atoms with Gasteiger partial charge in [0.2, 0.25) is 0 Å². The van der Waals surface area contributed by atoms with Gasteiger partial charge in [0.05, 0.1) is 12.7 Å². The molecule has 5 nitrogen and oxygen atoms in total. The van der Waals surface area contributed by atoms with Crippen molar-refractivity contribution in [3.63, 3.8) is 0 Å². The van der Waals surface area contributed by atoms with Crippen LogP contribution in [0.1, 0.15) is 77.3 Å². The Morgan fingerprint density at radius 3 is 2.59 bits per heavy atom. The van der Waals surface area contributed by atoms with Gasteiger partial charge in [-0.3, -0.25) is 4.90 Å². The molecular weight excluding hydrogens is 426 g/mol. The third kappa shape index (κ3) is 2.29. The molecule has 186 valence electrons. The number of ether oxygens (including phenoxy) is 2. The van der Waals surface area contributed by atoms with Crippen molar-refractivity contribution in [1.82, 2.24) is 4.90 Å². The van der Waals surface area contributed by atoms with Crippen LogP contribution in [0.3, 0.4) is 0 Å². The first-order valence-corrected chi connectivity index (χ1v) is 13.6. The van der Waals surface area contributed by atoms with Gasteiger partial charge < -0.3 is 19.7 Å². The van der Waals surface area contributed by atoms with E-state index in [2.05, 4.69) is 37.8 Å². The first kappa shape index (κ1) is 21.9. The average Bonchev–Trinajstić information content (AvgIpc) is 3.52. The van der Waals surface area contributed by atoms with Crippen LogP contribution < -0.4 is 9.47 Å². The highest BCUT2D eigenvalue weighted by Crippen LogP contribution is 2.77. The summed E-state index contributed by atoms with van der Waals surface area (Å²) in [5, 5.41) is 24.7. The maximum atomic E-state index is 12.6. The minimum Gasteiger partial charge on any atom is -0.493 e. The largest absolute Gasteiger partial charge is 0.493 e. The Labute approximate surface area is 203 Å². The summed E-state index contributed by atoms with van der Waals surface area (Å²) in [6.45, 7) is 10.6. The lowest BCUT2D eigenvalue weighted by molar-refractivity contribution is -0.305. The maximum Gasteiger partial charge on any atom is 0.165 e. The molecule has 2 N–H and O–H groups in total. The molecule has 4 bridgehead atoms. The van der Waals surface area contributed by atoms with E-state index in [1.165, 1.54) is 30.5 Å². The van der Waals surface area contributed by atoms with E-state index in [0.29, 0.717) is 12.5 Å². The lowest BCUT2D eigenvalue weighted by atomic mass is 9.33. The van der Waals surface area contributed by atoms with E-state index >= 15 is 0 Å². The monoisotopic (exact) mass is 467 g/mol. The van der Waals surface area contributed by atoms with Crippen LogP contribution in [0.4, 0.5) is 0 Å². The van der Waals surface area contributed by atoms with Crippen molar-refractivity contribution in [3.8, 4) is 11.5 Å². The Bertz CT molecular complexity index is 1060. The van der Waals surface area contributed by atoms with Gasteiger partial charge in [-0.05, 0) is 81.4 Å². The van der Waals surface area contributed by atoms with Gasteiger partial charge in [-0.15, -0.1) is 0 Å². The van der Waals surface area contributed by atoms with E-state index in [1.807, 2.05) is 6.92 Å². The standard InChI is InChI=1S/C29H41NO4/c1-25(2,3)26(4,31)20-15-27-10-11-29(20,32)24-28(27)12-13-30(16-17-6-7-17)21(27)14-18-8-9-19(33-5)23(34-24)22(18)28/h8-9,17,20-21,24,31-32H,6-7,10-16H2,1-5H3/t20-,21-,24+,26+,27-,28+,29?/m1/s1. The molecule has 0 radical (unpaired) electrons. The second-order valence-electron chi connectivity index (χ2n) is 13.8. The van der Waals surface area contributed by atoms with E-state index in [4.69, 9.17) is 9.47 Å². The Morgan fingerprint density at radius 2 is 1.91 bits per heavy atom. The zero-order chi connectivity index (χ0) is 23.9. The van der Waals surface area contributed by atoms with Crippen LogP contribution in [-0.2, 0) is 11.8 Å². The Kier molecular flexibility index (Phi) is 4.08. The van der Waals surface area contributed by atoms with Crippen LogP contribution in [0.2, 0.25) is 0 Å². The highest BCUT2D eigenvalue weighted by molar-refractivity contribution is 5.63. The first-order valence-electron chi connectivity index (χ1n) is 13.6. The van der Waals surface area contributed by atoms with E-state index in [9.17, 15) is 10.2 Å². The highest BCUT2D eigenvalue weighted by atomic mass is 16.5. The van der Waals surface area contributed by atoms with Crippen molar-refractivity contribution in [2.75, 3.05) is 20.2 Å². The van der Waals surface area contributed by atoms with Gasteiger partial charge in [0, 0.05) is 34.9 Å². The fourth-order valence-electron chi connectivity index (χ4n) is 9.41. The van der Waals surface area contributed by atoms with Crippen LogP contribution >= 0.6 is 0 Å². The van der Waals surface area contributed by atoms with E-state index in [0.717, 1.165) is 49.6 Å². The van der Waals surface area contributed by atoms with Gasteiger partial charge >= 0.3 is 0 Å². The molecule has 5 aliphatic carbocycles. The van der Waals surface area contributed by atoms with Gasteiger partial charge in [0.25, 0.3) is 0 Å². The Hall–Kier alpha value is -1.30. The number of rotatable bonds is 4. The molecule has 2 spiro atoms. The van der Waals surface area contributed by atoms with Gasteiger partial charge in [0.1, 0.15) is 11.7 Å². The molecule has 1 unspecified atom stereocenters. The number of methoxy groups -OCH3 is 1. The number of aliphatic hydroxyl groups is 2. The fourth-order valence-corrected chi connectivity index (χ4v) is 9.41. The first-order chi connectivity index (χ1) is 16.0. The van der Waals surface area contributed by atoms with Gasteiger partial charge in [-0.25, -0.2) is 0 Å². The van der Waals surface area contributed by atoms with Crippen LogP contribution in [0.25, 0.3) is 0 Å². The number of hydrogen-bond donors (Lipinski definition) is 2. The predicted molar refractivity (Wildman–Crippen MR) is 130 cm³/mol. The molecular formula is C29H41NO4. The average molecular weight is 468 g/mol. The Morgan fingerprint density at radius 1 is 1.15 bits per heavy atom. The predicted octanol–water partition coefficient (Wildman–Crippen LogP) is 4.06. The Balaban J connectivity index is 1.46. The summed E-state index contributed by atoms with van der Waals surface area (Å²) in [6, 6.07) is 4.78. The fraction of sp³-hybridized carbons (Fsp3) is 0.793. The van der Waals surface area contributed by atoms with Gasteiger partial charge in [0.15, 0.2) is 11.5 Å². The summed E-state index contributed by atoms with van der Waals surface area (Å²) in [5.74, 6) is 2.29. The lowest BCUT2D eigenvalue weighted by Gasteiger charge is -2.75. The number of fused-ring (bicyclic) bond motifs is 2.